The van der Waals surface area contributed by atoms with E-state index in [4.69, 9.17) is 21.1 Å². The molecule has 3 aliphatic rings. The van der Waals surface area contributed by atoms with Crippen LogP contribution in [0.3, 0.4) is 0 Å². The number of hydrogen-bond donors (Lipinski definition) is 0. The van der Waals surface area contributed by atoms with Crippen LogP contribution in [0, 0.1) is 11.7 Å². The van der Waals surface area contributed by atoms with Crippen molar-refractivity contribution in [1.82, 2.24) is 9.80 Å². The van der Waals surface area contributed by atoms with Crippen molar-refractivity contribution in [2.24, 2.45) is 5.92 Å². The Bertz CT molecular complexity index is 1020. The second-order valence-electron chi connectivity index (χ2n) is 8.14. The fourth-order valence-corrected chi connectivity index (χ4v) is 4.58. The number of benzene rings is 2. The van der Waals surface area contributed by atoms with Gasteiger partial charge in [0.1, 0.15) is 5.82 Å². The Kier molecular flexibility index (Phi) is 5.22. The molecule has 0 N–H and O–H groups in total. The lowest BCUT2D eigenvalue weighted by Gasteiger charge is -2.35. The van der Waals surface area contributed by atoms with Crippen LogP contribution in [-0.4, -0.2) is 54.6 Å². The van der Waals surface area contributed by atoms with Crippen LogP contribution in [0.2, 0.25) is 5.02 Å². The lowest BCUT2D eigenvalue weighted by atomic mass is 10.1. The number of fused-ring (bicyclic) bond motifs is 1. The van der Waals surface area contributed by atoms with Gasteiger partial charge in [0.15, 0.2) is 11.5 Å². The number of carbonyl (C=O) groups excluding carboxylic acids is 2. The zero-order valence-corrected chi connectivity index (χ0v) is 17.6. The molecule has 0 bridgehead atoms. The van der Waals surface area contributed by atoms with Crippen LogP contribution in [0.4, 0.5) is 4.39 Å². The van der Waals surface area contributed by atoms with E-state index >= 15 is 0 Å². The topological polar surface area (TPSA) is 59.1 Å². The molecule has 2 aromatic carbocycles. The first kappa shape index (κ1) is 20.1. The van der Waals surface area contributed by atoms with Crippen LogP contribution < -0.4 is 9.47 Å². The fourth-order valence-electron chi connectivity index (χ4n) is 4.36. The number of piperazine rings is 1. The molecule has 0 spiro atoms. The summed E-state index contributed by atoms with van der Waals surface area (Å²) in [7, 11) is 0. The maximum absolute atomic E-state index is 14.0. The van der Waals surface area contributed by atoms with Crippen molar-refractivity contribution in [2.75, 3.05) is 33.0 Å². The normalized spacial score (nSPS) is 21.9. The summed E-state index contributed by atoms with van der Waals surface area (Å²) in [6.07, 6.45) is 0.748. The molecule has 2 amide bonds. The first-order valence-electron chi connectivity index (χ1n) is 10.4. The van der Waals surface area contributed by atoms with Crippen molar-refractivity contribution >= 4 is 23.4 Å². The number of rotatable bonds is 4. The predicted octanol–water partition coefficient (Wildman–Crippen LogP) is 3.22. The minimum absolute atomic E-state index is 0.0279. The van der Waals surface area contributed by atoms with Gasteiger partial charge in [0.25, 0.3) is 0 Å². The third-order valence-electron chi connectivity index (χ3n) is 6.27. The Morgan fingerprint density at radius 2 is 1.77 bits per heavy atom. The van der Waals surface area contributed by atoms with Crippen molar-refractivity contribution in [3.63, 3.8) is 0 Å². The zero-order chi connectivity index (χ0) is 21.5. The van der Waals surface area contributed by atoms with Crippen molar-refractivity contribution < 1.29 is 23.5 Å². The summed E-state index contributed by atoms with van der Waals surface area (Å²) in [5, 5.41) is 0.255. The first-order valence-corrected chi connectivity index (χ1v) is 10.8. The molecule has 0 unspecified atom stereocenters. The van der Waals surface area contributed by atoms with Crippen molar-refractivity contribution in [3.05, 3.63) is 58.4 Å². The lowest BCUT2D eigenvalue weighted by Crippen LogP contribution is -2.51. The lowest BCUT2D eigenvalue weighted by molar-refractivity contribution is -0.140. The molecule has 5 rings (SSSR count). The monoisotopic (exact) mass is 444 g/mol. The van der Waals surface area contributed by atoms with Gasteiger partial charge >= 0.3 is 0 Å². The number of nitrogens with zero attached hydrogens (tertiary/aromatic N) is 2. The van der Waals surface area contributed by atoms with Crippen LogP contribution in [0.5, 0.6) is 11.5 Å². The summed E-state index contributed by atoms with van der Waals surface area (Å²) >= 11 is 6.04. The van der Waals surface area contributed by atoms with Crippen LogP contribution in [-0.2, 0) is 16.0 Å². The van der Waals surface area contributed by atoms with Crippen molar-refractivity contribution in [2.45, 2.75) is 18.8 Å². The average molecular weight is 445 g/mol. The molecule has 1 saturated heterocycles. The molecule has 2 heterocycles. The standard InChI is InChI=1S/C23H22ClFN2O4/c24-18-2-1-3-19(25)17(18)12-22(28)26-6-8-27(9-7-26)23(29)16-11-15(16)14-4-5-20-21(10-14)31-13-30-20/h1-5,10,15-16H,6-9,11-13H2/t15-,16+/m0/s1. The quantitative estimate of drug-likeness (QED) is 0.726. The summed E-state index contributed by atoms with van der Waals surface area (Å²) < 4.78 is 24.7. The van der Waals surface area contributed by atoms with Gasteiger partial charge in [-0.1, -0.05) is 23.7 Å². The van der Waals surface area contributed by atoms with E-state index in [0.717, 1.165) is 23.5 Å². The number of halogens is 2. The summed E-state index contributed by atoms with van der Waals surface area (Å²) in [6, 6.07) is 10.3. The van der Waals surface area contributed by atoms with E-state index in [1.165, 1.54) is 12.1 Å². The van der Waals surface area contributed by atoms with E-state index in [-0.39, 0.29) is 47.5 Å². The number of hydrogen-bond acceptors (Lipinski definition) is 4. The molecule has 31 heavy (non-hydrogen) atoms. The summed E-state index contributed by atoms with van der Waals surface area (Å²) in [6.45, 7) is 2.09. The minimum Gasteiger partial charge on any atom is -0.454 e. The van der Waals surface area contributed by atoms with Gasteiger partial charge in [-0.05, 0) is 42.2 Å². The summed E-state index contributed by atoms with van der Waals surface area (Å²) in [5.41, 5.74) is 1.32. The molecule has 2 atom stereocenters. The fraction of sp³-hybridized carbons (Fsp3) is 0.391. The molecule has 8 heteroatoms. The zero-order valence-electron chi connectivity index (χ0n) is 16.9. The predicted molar refractivity (Wildman–Crippen MR) is 112 cm³/mol. The Labute approximate surface area is 184 Å². The van der Waals surface area contributed by atoms with Gasteiger partial charge < -0.3 is 19.3 Å². The molecule has 0 radical (unpaired) electrons. The van der Waals surface area contributed by atoms with Gasteiger partial charge in [-0.2, -0.15) is 0 Å². The molecule has 2 fully saturated rings. The molecular weight excluding hydrogens is 423 g/mol. The van der Waals surface area contributed by atoms with Crippen LogP contribution >= 0.6 is 11.6 Å². The molecule has 0 aromatic heterocycles. The first-order chi connectivity index (χ1) is 15.0. The maximum Gasteiger partial charge on any atom is 0.231 e. The van der Waals surface area contributed by atoms with Crippen molar-refractivity contribution in [1.29, 1.82) is 0 Å². The highest BCUT2D eigenvalue weighted by molar-refractivity contribution is 6.31. The van der Waals surface area contributed by atoms with Gasteiger partial charge in [0.05, 0.1) is 6.42 Å². The van der Waals surface area contributed by atoms with E-state index < -0.39 is 5.82 Å². The van der Waals surface area contributed by atoms with Crippen LogP contribution in [0.25, 0.3) is 0 Å². The molecule has 1 aliphatic carbocycles. The largest absolute Gasteiger partial charge is 0.454 e. The average Bonchev–Trinajstić information content (AvgIpc) is 3.44. The van der Waals surface area contributed by atoms with E-state index in [9.17, 15) is 14.0 Å². The smallest absolute Gasteiger partial charge is 0.231 e. The van der Waals surface area contributed by atoms with Crippen LogP contribution in [0.1, 0.15) is 23.5 Å². The Balaban J connectivity index is 1.15. The molecule has 6 nitrogen and oxygen atoms in total. The SMILES string of the molecule is O=C(Cc1c(F)cccc1Cl)N1CCN(C(=O)[C@@H]2C[C@H]2c2ccc3c(c2)OCO3)CC1. The highest BCUT2D eigenvalue weighted by Gasteiger charge is 2.46. The molecule has 2 aliphatic heterocycles. The molecule has 2 aromatic rings. The Morgan fingerprint density at radius 1 is 1.03 bits per heavy atom. The number of ether oxygens (including phenoxy) is 2. The van der Waals surface area contributed by atoms with Gasteiger partial charge in [0, 0.05) is 42.7 Å². The molecule has 1 saturated carbocycles. The molecular formula is C23H22ClFN2O4. The number of amides is 2. The van der Waals surface area contributed by atoms with Gasteiger partial charge in [-0.3, -0.25) is 9.59 Å². The number of carbonyl (C=O) groups is 2. The highest BCUT2D eigenvalue weighted by Crippen LogP contribution is 2.50. The van der Waals surface area contributed by atoms with E-state index in [1.54, 1.807) is 11.0 Å². The Morgan fingerprint density at radius 3 is 2.55 bits per heavy atom. The van der Waals surface area contributed by atoms with Gasteiger partial charge in [0.2, 0.25) is 18.6 Å². The second-order valence-corrected chi connectivity index (χ2v) is 8.55. The minimum atomic E-state index is -0.474. The summed E-state index contributed by atoms with van der Waals surface area (Å²) in [4.78, 5) is 29.0. The maximum atomic E-state index is 14.0. The van der Waals surface area contributed by atoms with Crippen LogP contribution in [0.15, 0.2) is 36.4 Å². The van der Waals surface area contributed by atoms with E-state index in [0.29, 0.717) is 26.2 Å². The third kappa shape index (κ3) is 3.94. The van der Waals surface area contributed by atoms with Gasteiger partial charge in [-0.25, -0.2) is 4.39 Å². The third-order valence-corrected chi connectivity index (χ3v) is 6.62. The van der Waals surface area contributed by atoms with Crippen molar-refractivity contribution in [3.8, 4) is 11.5 Å². The second kappa shape index (κ2) is 8.04. The van der Waals surface area contributed by atoms with E-state index in [1.807, 2.05) is 23.1 Å². The van der Waals surface area contributed by atoms with Gasteiger partial charge in [-0.15, -0.1) is 0 Å². The molecule has 162 valence electrons. The van der Waals surface area contributed by atoms with E-state index in [2.05, 4.69) is 0 Å². The summed E-state index contributed by atoms with van der Waals surface area (Å²) in [5.74, 6) is 1.13. The Hall–Kier alpha value is -2.80. The highest BCUT2D eigenvalue weighted by atomic mass is 35.5.